The molecule has 0 N–H and O–H groups in total. The van der Waals surface area contributed by atoms with Gasteiger partial charge in [-0.1, -0.05) is 170 Å². The maximum atomic E-state index is 10.5. The van der Waals surface area contributed by atoms with Gasteiger partial charge in [-0.05, 0) is 72.8 Å². The zero-order valence-corrected chi connectivity index (χ0v) is 34.7. The zero-order valence-electron chi connectivity index (χ0n) is 31.1. The predicted molar refractivity (Wildman–Crippen MR) is 252 cm³/mol. The Morgan fingerprint density at radius 2 is 0.439 bits per heavy atom. The van der Waals surface area contributed by atoms with Crippen LogP contribution in [-0.2, 0) is 0 Å². The third-order valence-electron chi connectivity index (χ3n) is 9.09. The van der Waals surface area contributed by atoms with Gasteiger partial charge in [0.15, 0.2) is 0 Å². The van der Waals surface area contributed by atoms with E-state index in [1.807, 2.05) is 36.4 Å². The molecule has 8 aromatic rings. The summed E-state index contributed by atoms with van der Waals surface area (Å²) in [5, 5.41) is 7.18. The number of thiol groups is 2. The molecule has 0 bridgehead atoms. The predicted octanol–water partition coefficient (Wildman–Crippen LogP) is 9.92. The van der Waals surface area contributed by atoms with Crippen molar-refractivity contribution < 1.29 is 9.59 Å². The Hall–Kier alpha value is -5.63. The third-order valence-corrected chi connectivity index (χ3v) is 18.0. The maximum Gasteiger partial charge on any atom is 0.301 e. The molecule has 0 aromatic heterocycles. The van der Waals surface area contributed by atoms with Crippen LogP contribution in [0.3, 0.4) is 0 Å². The number of rotatable bonds is 8. The van der Waals surface area contributed by atoms with Crippen molar-refractivity contribution >= 4 is 81.4 Å². The summed E-state index contributed by atoms with van der Waals surface area (Å²) >= 11 is 7.30. The zero-order chi connectivity index (χ0) is 39.8. The molecule has 0 saturated carbocycles. The molecule has 8 rings (SSSR count). The molecule has 57 heavy (non-hydrogen) atoms. The maximum absolute atomic E-state index is 10.5. The molecule has 0 aliphatic carbocycles. The minimum Gasteiger partial charge on any atom is -0.282 e. The van der Waals surface area contributed by atoms with E-state index < -0.39 is 14.1 Å². The van der Waals surface area contributed by atoms with Crippen LogP contribution in [0.25, 0.3) is 0 Å². The molecule has 0 amide bonds. The first kappa shape index (κ1) is 41.0. The molecule has 0 aliphatic rings. The lowest BCUT2D eigenvalue weighted by Gasteiger charge is -2.20. The number of carbonyl (C=O) groups excluding carboxylic acids is 2. The summed E-state index contributed by atoms with van der Waals surface area (Å²) in [6.45, 7) is 0. The lowest BCUT2D eigenvalue weighted by Crippen LogP contribution is -2.31. The Balaban J connectivity index is 0.000000250. The largest absolute Gasteiger partial charge is 0.301 e. The second-order valence-electron chi connectivity index (χ2n) is 12.7. The normalized spacial score (nSPS) is 10.7. The summed E-state index contributed by atoms with van der Waals surface area (Å²) in [4.78, 5) is 21.0. The Kier molecular flexibility index (Phi) is 14.8. The van der Waals surface area contributed by atoms with E-state index in [-0.39, 0.29) is 10.2 Å². The summed E-state index contributed by atoms with van der Waals surface area (Å²) in [5.74, 6) is 0. The van der Waals surface area contributed by atoms with Crippen LogP contribution in [0.1, 0.15) is 20.7 Å². The summed E-state index contributed by atoms with van der Waals surface area (Å²) in [6.07, 6.45) is 0. The average Bonchev–Trinajstić information content (AvgIpc) is 3.30. The Morgan fingerprint density at radius 1 is 0.281 bits per heavy atom. The van der Waals surface area contributed by atoms with Gasteiger partial charge >= 0.3 is 14.1 Å². The molecule has 0 unspecified atom stereocenters. The van der Waals surface area contributed by atoms with Crippen molar-refractivity contribution in [1.82, 2.24) is 4.17 Å². The summed E-state index contributed by atoms with van der Waals surface area (Å²) in [7, 11) is -4.99. The minimum atomic E-state index is -2.50. The lowest BCUT2D eigenvalue weighted by atomic mass is 10.2. The third kappa shape index (κ3) is 10.0. The molecule has 0 radical (unpaired) electrons. The second kappa shape index (κ2) is 20.5. The molecule has 8 aromatic carbocycles. The first-order chi connectivity index (χ1) is 27.9. The molecule has 0 spiro atoms. The van der Waals surface area contributed by atoms with Crippen LogP contribution in [0.15, 0.2) is 243 Å². The molecule has 7 heteroatoms. The molecule has 0 heterocycles. The highest BCUT2D eigenvalue weighted by Crippen LogP contribution is 2.50. The van der Waals surface area contributed by atoms with Gasteiger partial charge in [-0.2, -0.15) is 0 Å². The standard InChI is InChI=1S/C36H30NP2.2C7H6OS/c1-7-19-31(20-8-1)38(32-21-9-2-10-22-32,33-23-11-3-12-24-33)37-39(34-25-13-4-14-26-34,35-27-15-5-16-28-35)36-29-17-6-18-30-36;2*8-7(9)6-4-2-1-3-5-6/h1-30H;2*1-5H,(H,8,9)/q+1;;. The fraction of sp³-hybridized carbons (Fsp3) is 0. The van der Waals surface area contributed by atoms with E-state index in [0.29, 0.717) is 11.1 Å². The van der Waals surface area contributed by atoms with Gasteiger partial charge < -0.3 is 0 Å². The van der Waals surface area contributed by atoms with E-state index in [1.165, 1.54) is 31.8 Å². The van der Waals surface area contributed by atoms with Crippen molar-refractivity contribution in [1.29, 1.82) is 0 Å². The molecule has 0 fully saturated rings. The average molecular weight is 815 g/mol. The molecule has 280 valence electrons. The fourth-order valence-electron chi connectivity index (χ4n) is 6.43. The summed E-state index contributed by atoms with van der Waals surface area (Å²) in [6, 6.07) is 83.6. The van der Waals surface area contributed by atoms with E-state index in [1.54, 1.807) is 24.3 Å². The van der Waals surface area contributed by atoms with Gasteiger partial charge in [0.05, 0.1) is 31.8 Å². The topological polar surface area (TPSA) is 48.2 Å². The molecular formula is C50H42NO2P2S2+. The van der Waals surface area contributed by atoms with Gasteiger partial charge in [-0.25, -0.2) is 0 Å². The highest BCUT2D eigenvalue weighted by Gasteiger charge is 2.44. The van der Waals surface area contributed by atoms with Gasteiger partial charge in [0.2, 0.25) is 10.2 Å². The molecule has 0 atom stereocenters. The fourth-order valence-corrected chi connectivity index (χ4v) is 16.2. The molecule has 0 saturated heterocycles. The van der Waals surface area contributed by atoms with Crippen LogP contribution in [0.5, 0.6) is 0 Å². The van der Waals surface area contributed by atoms with E-state index in [9.17, 15) is 9.59 Å². The quantitative estimate of drug-likeness (QED) is 0.0912. The monoisotopic (exact) mass is 814 g/mol. The highest BCUT2D eigenvalue weighted by atomic mass is 32.1. The van der Waals surface area contributed by atoms with Crippen molar-refractivity contribution in [2.45, 2.75) is 0 Å². The van der Waals surface area contributed by atoms with E-state index >= 15 is 0 Å². The van der Waals surface area contributed by atoms with Crippen molar-refractivity contribution in [2.75, 3.05) is 0 Å². The number of hydrogen-bond acceptors (Lipinski definition) is 2. The molecule has 3 nitrogen and oxygen atoms in total. The SMILES string of the molecule is O=C(S)c1ccccc1.O=C(S)c1ccccc1.c1ccc(P(=[N+]=P(c2ccccc2)(c2ccccc2)c2ccccc2)(c2ccccc2)c2ccccc2)cc1. The summed E-state index contributed by atoms with van der Waals surface area (Å²) in [5.41, 5.74) is 1.28. The number of nitrogens with zero attached hydrogens (tertiary/aromatic N) is 1. The van der Waals surface area contributed by atoms with E-state index in [4.69, 9.17) is 4.17 Å². The second-order valence-corrected chi connectivity index (χ2v) is 19.9. The van der Waals surface area contributed by atoms with Crippen molar-refractivity contribution in [2.24, 2.45) is 0 Å². The number of benzene rings is 8. The van der Waals surface area contributed by atoms with Gasteiger partial charge in [-0.15, -0.1) is 29.4 Å². The van der Waals surface area contributed by atoms with Crippen molar-refractivity contribution in [3.05, 3.63) is 254 Å². The van der Waals surface area contributed by atoms with Gasteiger partial charge in [0, 0.05) is 11.1 Å². The van der Waals surface area contributed by atoms with E-state index in [2.05, 4.69) is 207 Å². The van der Waals surface area contributed by atoms with Gasteiger partial charge in [0.25, 0.3) is 0 Å². The Morgan fingerprint density at radius 3 is 0.579 bits per heavy atom. The van der Waals surface area contributed by atoms with Gasteiger partial charge in [0.1, 0.15) is 0 Å². The van der Waals surface area contributed by atoms with Gasteiger partial charge in [-0.3, -0.25) is 9.59 Å². The number of hydrogen-bond donors (Lipinski definition) is 2. The lowest BCUT2D eigenvalue weighted by molar-refractivity contribution is 0.108. The number of carbonyl (C=O) groups is 2. The van der Waals surface area contributed by atoms with Crippen LogP contribution in [0.4, 0.5) is 0 Å². The van der Waals surface area contributed by atoms with Crippen LogP contribution < -0.4 is 36.0 Å². The molecular weight excluding hydrogens is 773 g/mol. The Labute approximate surface area is 347 Å². The van der Waals surface area contributed by atoms with Crippen molar-refractivity contribution in [3.63, 3.8) is 0 Å². The first-order valence-electron chi connectivity index (χ1n) is 18.4. The highest BCUT2D eigenvalue weighted by molar-refractivity contribution is 7.97. The van der Waals surface area contributed by atoms with Crippen LogP contribution in [-0.4, -0.2) is 10.2 Å². The first-order valence-corrected chi connectivity index (χ1v) is 22.8. The van der Waals surface area contributed by atoms with Crippen LogP contribution in [0.2, 0.25) is 0 Å². The molecule has 0 aliphatic heterocycles. The van der Waals surface area contributed by atoms with E-state index in [0.717, 1.165) is 0 Å². The minimum absolute atomic E-state index is 0.185. The Bertz CT molecular complexity index is 2200. The van der Waals surface area contributed by atoms with Crippen LogP contribution >= 0.6 is 39.4 Å². The smallest absolute Gasteiger partial charge is 0.282 e. The van der Waals surface area contributed by atoms with Crippen LogP contribution in [0, 0.1) is 0 Å². The van der Waals surface area contributed by atoms with Crippen molar-refractivity contribution in [3.8, 4) is 0 Å². The summed E-state index contributed by atoms with van der Waals surface area (Å²) < 4.78 is 6.38.